The second-order valence-corrected chi connectivity index (χ2v) is 4.97. The molecule has 0 aliphatic carbocycles. The number of aryl methyl sites for hydroxylation is 3. The Labute approximate surface area is 106 Å². The van der Waals surface area contributed by atoms with Crippen LogP contribution >= 0.6 is 0 Å². The van der Waals surface area contributed by atoms with Crippen molar-refractivity contribution in [3.8, 4) is 5.92 Å². The van der Waals surface area contributed by atoms with Gasteiger partial charge in [-0.15, -0.1) is 0 Å². The molecule has 0 spiro atoms. The highest BCUT2D eigenvalue weighted by Crippen LogP contribution is 2.19. The Morgan fingerprint density at radius 1 is 0.941 bits per heavy atom. The van der Waals surface area contributed by atoms with Gasteiger partial charge in [-0.05, 0) is 63.1 Å². The molecule has 0 amide bonds. The zero-order chi connectivity index (χ0) is 12.7. The van der Waals surface area contributed by atoms with E-state index in [-0.39, 0.29) is 0 Å². The predicted molar refractivity (Wildman–Crippen MR) is 74.6 cm³/mol. The lowest BCUT2D eigenvalue weighted by molar-refractivity contribution is 0.648. The number of hydrogen-bond acceptors (Lipinski definition) is 0. The largest absolute Gasteiger partial charge is 0.0891 e. The van der Waals surface area contributed by atoms with Crippen LogP contribution in [0.2, 0.25) is 0 Å². The van der Waals surface area contributed by atoms with Crippen molar-refractivity contribution in [2.75, 3.05) is 0 Å². The van der Waals surface area contributed by atoms with E-state index in [4.69, 9.17) is 6.42 Å². The molecule has 0 heterocycles. The van der Waals surface area contributed by atoms with E-state index in [9.17, 15) is 0 Å². The molecular weight excluding hydrogens is 204 g/mol. The third-order valence-electron chi connectivity index (χ3n) is 3.32. The van der Waals surface area contributed by atoms with Crippen LogP contribution in [0.3, 0.4) is 0 Å². The summed E-state index contributed by atoms with van der Waals surface area (Å²) in [6.45, 7) is 6.61. The number of unbranched alkanes of at least 4 members (excludes halogenated alkanes) is 4. The Bertz CT molecular complexity index is 370. The molecule has 1 radical (unpaired) electrons. The highest BCUT2D eigenvalue weighted by Gasteiger charge is 2.03. The average molecular weight is 227 g/mol. The Balaban J connectivity index is 2.39. The number of hydrogen-bond donors (Lipinski definition) is 0. The first-order valence-corrected chi connectivity index (χ1v) is 6.61. The fourth-order valence-electron chi connectivity index (χ4n) is 2.47. The lowest BCUT2D eigenvalue weighted by Crippen LogP contribution is -1.95. The van der Waals surface area contributed by atoms with E-state index < -0.39 is 0 Å². The van der Waals surface area contributed by atoms with Crippen molar-refractivity contribution in [3.63, 3.8) is 0 Å². The molecule has 0 aliphatic heterocycles. The van der Waals surface area contributed by atoms with Crippen molar-refractivity contribution in [2.24, 2.45) is 0 Å². The van der Waals surface area contributed by atoms with Gasteiger partial charge in [0, 0.05) is 6.42 Å². The number of benzene rings is 1. The zero-order valence-corrected chi connectivity index (χ0v) is 11.4. The number of rotatable bonds is 6. The molecule has 0 fully saturated rings. The summed E-state index contributed by atoms with van der Waals surface area (Å²) < 4.78 is 0. The van der Waals surface area contributed by atoms with Crippen molar-refractivity contribution in [1.82, 2.24) is 0 Å². The van der Waals surface area contributed by atoms with Crippen LogP contribution in [0.15, 0.2) is 12.1 Å². The summed E-state index contributed by atoms with van der Waals surface area (Å²) in [5.41, 5.74) is 5.78. The topological polar surface area (TPSA) is 0 Å². The first-order chi connectivity index (χ1) is 8.15. The molecule has 17 heavy (non-hydrogen) atoms. The second kappa shape index (κ2) is 7.17. The Morgan fingerprint density at radius 3 is 2.12 bits per heavy atom. The monoisotopic (exact) mass is 227 g/mol. The molecule has 0 atom stereocenters. The third kappa shape index (κ3) is 4.65. The van der Waals surface area contributed by atoms with E-state index in [1.807, 2.05) is 0 Å². The summed E-state index contributed by atoms with van der Waals surface area (Å²) in [5.74, 6) is 2.45. The van der Waals surface area contributed by atoms with Crippen molar-refractivity contribution in [1.29, 1.82) is 0 Å². The minimum atomic E-state index is 0.822. The molecule has 0 heteroatoms. The van der Waals surface area contributed by atoms with Crippen molar-refractivity contribution in [3.05, 3.63) is 40.8 Å². The van der Waals surface area contributed by atoms with Crippen LogP contribution in [0.1, 0.15) is 54.4 Å². The minimum absolute atomic E-state index is 0.822. The smallest absolute Gasteiger partial charge is 0.00989 e. The molecule has 0 N–H and O–H groups in total. The third-order valence-corrected chi connectivity index (χ3v) is 3.32. The maximum Gasteiger partial charge on any atom is 0.00989 e. The minimum Gasteiger partial charge on any atom is -0.0891 e. The van der Waals surface area contributed by atoms with E-state index in [1.165, 1.54) is 47.9 Å². The summed E-state index contributed by atoms with van der Waals surface area (Å²) in [6.07, 6.45) is 13.8. The van der Waals surface area contributed by atoms with Crippen molar-refractivity contribution >= 4 is 0 Å². The van der Waals surface area contributed by atoms with Crippen LogP contribution in [-0.4, -0.2) is 0 Å². The molecule has 0 aromatic heterocycles. The van der Waals surface area contributed by atoms with E-state index in [2.05, 4.69) is 38.8 Å². The Hall–Kier alpha value is -1.22. The van der Waals surface area contributed by atoms with Gasteiger partial charge in [0.15, 0.2) is 0 Å². The van der Waals surface area contributed by atoms with Crippen LogP contribution in [0.25, 0.3) is 0 Å². The predicted octanol–water partition coefficient (Wildman–Crippen LogP) is 4.69. The van der Waals surface area contributed by atoms with Crippen LogP contribution in [0.4, 0.5) is 0 Å². The molecule has 1 aromatic rings. The molecule has 0 aliphatic rings. The fraction of sp³-hybridized carbons (Fsp3) is 0.529. The molecule has 1 aromatic carbocycles. The standard InChI is InChI=1S/C17H23/c1-5-6-7-8-9-10-11-17-15(3)12-14(2)13-16(17)4/h12-13H,6-11H2,2-4H3. The summed E-state index contributed by atoms with van der Waals surface area (Å²) in [5, 5.41) is 0. The molecule has 1 rings (SSSR count). The molecule has 0 nitrogen and oxygen atoms in total. The zero-order valence-electron chi connectivity index (χ0n) is 11.4. The first-order valence-electron chi connectivity index (χ1n) is 6.61. The van der Waals surface area contributed by atoms with E-state index >= 15 is 0 Å². The molecular formula is C17H23. The quantitative estimate of drug-likeness (QED) is 0.488. The van der Waals surface area contributed by atoms with Gasteiger partial charge in [-0.3, -0.25) is 0 Å². The van der Waals surface area contributed by atoms with Gasteiger partial charge in [0.1, 0.15) is 0 Å². The lowest BCUT2D eigenvalue weighted by atomic mass is 9.95. The van der Waals surface area contributed by atoms with Gasteiger partial charge in [0.25, 0.3) is 0 Å². The van der Waals surface area contributed by atoms with Gasteiger partial charge < -0.3 is 0 Å². The van der Waals surface area contributed by atoms with E-state index in [1.54, 1.807) is 0 Å². The molecule has 0 saturated heterocycles. The molecule has 0 bridgehead atoms. The van der Waals surface area contributed by atoms with Gasteiger partial charge >= 0.3 is 0 Å². The van der Waals surface area contributed by atoms with Crippen LogP contribution in [-0.2, 0) is 6.42 Å². The summed E-state index contributed by atoms with van der Waals surface area (Å²) >= 11 is 0. The highest BCUT2D eigenvalue weighted by molar-refractivity contribution is 5.37. The molecule has 0 unspecified atom stereocenters. The van der Waals surface area contributed by atoms with E-state index in [0.29, 0.717) is 0 Å². The van der Waals surface area contributed by atoms with E-state index in [0.717, 1.165) is 12.8 Å². The average Bonchev–Trinajstić information content (AvgIpc) is 2.26. The van der Waals surface area contributed by atoms with Gasteiger partial charge in [-0.1, -0.05) is 36.5 Å². The maximum atomic E-state index is 6.84. The Kier molecular flexibility index (Phi) is 5.84. The summed E-state index contributed by atoms with van der Waals surface area (Å²) in [6, 6.07) is 4.57. The van der Waals surface area contributed by atoms with Gasteiger partial charge in [0.05, 0.1) is 0 Å². The molecule has 0 saturated carbocycles. The second-order valence-electron chi connectivity index (χ2n) is 4.97. The molecule has 91 valence electrons. The highest BCUT2D eigenvalue weighted by atomic mass is 14.1. The SMILES string of the molecule is [C]#CCCCCCCc1c(C)cc(C)cc1C. The maximum absolute atomic E-state index is 6.84. The fourth-order valence-corrected chi connectivity index (χ4v) is 2.47. The summed E-state index contributed by atoms with van der Waals surface area (Å²) in [4.78, 5) is 0. The van der Waals surface area contributed by atoms with Crippen LogP contribution in [0.5, 0.6) is 0 Å². The van der Waals surface area contributed by atoms with Crippen LogP contribution in [0, 0.1) is 33.1 Å². The summed E-state index contributed by atoms with van der Waals surface area (Å²) in [7, 11) is 0. The first kappa shape index (κ1) is 13.8. The lowest BCUT2D eigenvalue weighted by Gasteiger charge is -2.11. The van der Waals surface area contributed by atoms with Crippen LogP contribution < -0.4 is 0 Å². The van der Waals surface area contributed by atoms with Crippen molar-refractivity contribution < 1.29 is 0 Å². The van der Waals surface area contributed by atoms with Gasteiger partial charge in [0.2, 0.25) is 0 Å². The van der Waals surface area contributed by atoms with Gasteiger partial charge in [-0.25, -0.2) is 0 Å². The van der Waals surface area contributed by atoms with Gasteiger partial charge in [-0.2, -0.15) is 0 Å². The van der Waals surface area contributed by atoms with Crippen molar-refractivity contribution in [2.45, 2.75) is 59.3 Å². The normalized spacial score (nSPS) is 10.2. The Morgan fingerprint density at radius 2 is 1.53 bits per heavy atom.